The number of methoxy groups -OCH3 is 1. The van der Waals surface area contributed by atoms with Crippen LogP contribution >= 0.6 is 23.2 Å². The molecule has 0 spiro atoms. The molecule has 40 heavy (non-hydrogen) atoms. The van der Waals surface area contributed by atoms with Gasteiger partial charge in [-0.2, -0.15) is 0 Å². The monoisotopic (exact) mass is 577 g/mol. The molecule has 0 fully saturated rings. The lowest BCUT2D eigenvalue weighted by atomic mass is 10.0. The summed E-state index contributed by atoms with van der Waals surface area (Å²) in [5.41, 5.74) is 5.10. The van der Waals surface area contributed by atoms with Crippen molar-refractivity contribution in [3.63, 3.8) is 0 Å². The van der Waals surface area contributed by atoms with Gasteiger partial charge in [-0.3, -0.25) is 0 Å². The zero-order valence-electron chi connectivity index (χ0n) is 21.9. The van der Waals surface area contributed by atoms with Crippen molar-refractivity contribution in [1.29, 1.82) is 0 Å². The van der Waals surface area contributed by atoms with E-state index in [9.17, 15) is 9.90 Å². The maximum Gasteiger partial charge on any atom is 0.414 e. The highest BCUT2D eigenvalue weighted by Crippen LogP contribution is 2.39. The summed E-state index contributed by atoms with van der Waals surface area (Å²) in [5.74, 6) is 0.978. The Balaban J connectivity index is 1.56. The number of aliphatic hydroxyl groups is 1. The van der Waals surface area contributed by atoms with Crippen molar-refractivity contribution in [3.05, 3.63) is 105 Å². The maximum atomic E-state index is 13.1. The second-order valence-electron chi connectivity index (χ2n) is 9.47. The minimum Gasteiger partial charge on any atom is -0.497 e. The molecule has 206 valence electrons. The van der Waals surface area contributed by atoms with E-state index in [1.54, 1.807) is 30.0 Å². The fourth-order valence-corrected chi connectivity index (χ4v) is 5.34. The van der Waals surface area contributed by atoms with E-state index in [4.69, 9.17) is 37.8 Å². The Morgan fingerprint density at radius 2 is 1.82 bits per heavy atom. The molecule has 0 aliphatic heterocycles. The van der Waals surface area contributed by atoms with Crippen LogP contribution < -0.4 is 14.8 Å². The molecular formula is C31H29Cl2N3O4. The summed E-state index contributed by atoms with van der Waals surface area (Å²) in [5, 5.41) is 18.3. The van der Waals surface area contributed by atoms with E-state index in [0.717, 1.165) is 53.0 Å². The summed E-state index contributed by atoms with van der Waals surface area (Å²) in [6.07, 6.45) is 4.74. The highest BCUT2D eigenvalue weighted by atomic mass is 35.5. The van der Waals surface area contributed by atoms with Gasteiger partial charge in [-0.15, -0.1) is 5.10 Å². The average molecular weight is 578 g/mol. The van der Waals surface area contributed by atoms with Gasteiger partial charge in [0.15, 0.2) is 0 Å². The second-order valence-corrected chi connectivity index (χ2v) is 10.3. The smallest absolute Gasteiger partial charge is 0.414 e. The van der Waals surface area contributed by atoms with Gasteiger partial charge in [0, 0.05) is 10.6 Å². The molecule has 2 N–H and O–H groups in total. The molecule has 0 radical (unpaired) electrons. The predicted molar refractivity (Wildman–Crippen MR) is 157 cm³/mol. The first-order valence-electron chi connectivity index (χ1n) is 13.0. The van der Waals surface area contributed by atoms with Crippen LogP contribution in [-0.2, 0) is 6.42 Å². The minimum absolute atomic E-state index is 0.200. The van der Waals surface area contributed by atoms with Gasteiger partial charge >= 0.3 is 6.09 Å². The quantitative estimate of drug-likeness (QED) is 0.225. The largest absolute Gasteiger partial charge is 0.497 e. The fourth-order valence-electron chi connectivity index (χ4n) is 4.85. The molecule has 1 aliphatic carbocycles. The Morgan fingerprint density at radius 1 is 1.07 bits per heavy atom. The van der Waals surface area contributed by atoms with Crippen molar-refractivity contribution >= 4 is 40.9 Å². The van der Waals surface area contributed by atoms with Gasteiger partial charge in [0.25, 0.3) is 0 Å². The van der Waals surface area contributed by atoms with Crippen LogP contribution in [0.4, 0.5) is 4.79 Å². The van der Waals surface area contributed by atoms with E-state index < -0.39 is 12.1 Å². The highest BCUT2D eigenvalue weighted by molar-refractivity contribution is 6.35. The van der Waals surface area contributed by atoms with Crippen molar-refractivity contribution < 1.29 is 19.4 Å². The Hall–Kier alpha value is -3.78. The van der Waals surface area contributed by atoms with Gasteiger partial charge in [-0.1, -0.05) is 65.7 Å². The van der Waals surface area contributed by atoms with Crippen molar-refractivity contribution in [2.24, 2.45) is 0 Å². The molecular weight excluding hydrogens is 549 g/mol. The van der Waals surface area contributed by atoms with Crippen molar-refractivity contribution in [2.75, 3.05) is 13.7 Å². The lowest BCUT2D eigenvalue weighted by Crippen LogP contribution is -2.33. The summed E-state index contributed by atoms with van der Waals surface area (Å²) >= 11 is 12.8. The standard InChI is InChI=1S/C31H29Cl2N3O4/c1-39-24-14-11-20(12-15-24)17-22-9-5-6-10-25-29(22)36(28-16-13-23(32)18-26(28)33)35-30(25)40-31(38)34-27(19-37)21-7-3-2-4-8-21/h2-4,7-8,11-18,27,37H,5-6,9-10,19H2,1H3,(H,34,38)/b22-17+/t27-/m1/s1. The van der Waals surface area contributed by atoms with E-state index in [-0.39, 0.29) is 12.5 Å². The van der Waals surface area contributed by atoms with Gasteiger partial charge in [-0.05, 0) is 78.8 Å². The van der Waals surface area contributed by atoms with Gasteiger partial charge in [0.05, 0.1) is 36.2 Å². The number of hydrogen-bond acceptors (Lipinski definition) is 5. The summed E-state index contributed by atoms with van der Waals surface area (Å²) < 4.78 is 12.9. The summed E-state index contributed by atoms with van der Waals surface area (Å²) in [7, 11) is 1.64. The van der Waals surface area contributed by atoms with E-state index >= 15 is 0 Å². The van der Waals surface area contributed by atoms with E-state index in [0.29, 0.717) is 22.2 Å². The average Bonchev–Trinajstić information content (AvgIpc) is 3.17. The minimum atomic E-state index is -0.706. The molecule has 5 rings (SSSR count). The van der Waals surface area contributed by atoms with Gasteiger partial charge < -0.3 is 19.9 Å². The molecule has 0 unspecified atom stereocenters. The zero-order chi connectivity index (χ0) is 28.1. The van der Waals surface area contributed by atoms with Crippen LogP contribution in [0.3, 0.4) is 0 Å². The lowest BCUT2D eigenvalue weighted by Gasteiger charge is -2.16. The van der Waals surface area contributed by atoms with Crippen LogP contribution in [0.2, 0.25) is 10.0 Å². The van der Waals surface area contributed by atoms with Gasteiger partial charge in [0.2, 0.25) is 5.88 Å². The number of halogens is 2. The van der Waals surface area contributed by atoms with E-state index in [2.05, 4.69) is 11.4 Å². The molecule has 1 aromatic heterocycles. The predicted octanol–water partition coefficient (Wildman–Crippen LogP) is 7.28. The topological polar surface area (TPSA) is 85.6 Å². The molecule has 1 aliphatic rings. The van der Waals surface area contributed by atoms with Crippen molar-refractivity contribution in [2.45, 2.75) is 31.7 Å². The van der Waals surface area contributed by atoms with Gasteiger partial charge in [0.1, 0.15) is 5.75 Å². The third-order valence-corrected chi connectivity index (χ3v) is 7.37. The third-order valence-electron chi connectivity index (χ3n) is 6.83. The summed E-state index contributed by atoms with van der Waals surface area (Å²) in [6, 6.07) is 21.7. The number of amides is 1. The number of carbonyl (C=O) groups is 1. The Bertz CT molecular complexity index is 1520. The Kier molecular flexibility index (Phi) is 8.75. The first kappa shape index (κ1) is 27.8. The molecule has 1 heterocycles. The number of aromatic nitrogens is 2. The number of nitrogens with one attached hydrogen (secondary N) is 1. The second kappa shape index (κ2) is 12.6. The van der Waals surface area contributed by atoms with Crippen molar-refractivity contribution in [1.82, 2.24) is 15.1 Å². The highest BCUT2D eigenvalue weighted by Gasteiger charge is 2.28. The molecule has 9 heteroatoms. The van der Waals surface area contributed by atoms with E-state index in [1.165, 1.54) is 0 Å². The number of carbonyl (C=O) groups excluding carboxylic acids is 1. The Labute approximate surface area is 243 Å². The SMILES string of the molecule is COc1ccc(/C=C2\CCCCc3c(OC(=O)N[C@H](CO)c4ccccc4)nn(-c4ccc(Cl)cc4Cl)c32)cc1. The molecule has 7 nitrogen and oxygen atoms in total. The first-order chi connectivity index (χ1) is 19.5. The normalized spacial score (nSPS) is 14.8. The number of benzene rings is 3. The number of aliphatic hydroxyl groups excluding tert-OH is 1. The number of allylic oxidation sites excluding steroid dienone is 1. The third kappa shape index (κ3) is 6.17. The van der Waals surface area contributed by atoms with Crippen molar-refractivity contribution in [3.8, 4) is 17.3 Å². The molecule has 0 saturated heterocycles. The lowest BCUT2D eigenvalue weighted by molar-refractivity contribution is 0.181. The molecule has 3 aromatic carbocycles. The Morgan fingerprint density at radius 3 is 2.52 bits per heavy atom. The molecule has 0 bridgehead atoms. The van der Waals surface area contributed by atoms with Crippen LogP contribution in [0.15, 0.2) is 72.8 Å². The van der Waals surface area contributed by atoms with Gasteiger partial charge in [-0.25, -0.2) is 9.48 Å². The summed E-state index contributed by atoms with van der Waals surface area (Å²) in [4.78, 5) is 13.1. The van der Waals surface area contributed by atoms with E-state index in [1.807, 2.05) is 54.6 Å². The van der Waals surface area contributed by atoms with Crippen LogP contribution in [0, 0.1) is 0 Å². The maximum absolute atomic E-state index is 13.1. The van der Waals surface area contributed by atoms with Crippen LogP contribution in [0.5, 0.6) is 11.6 Å². The number of rotatable bonds is 7. The number of ether oxygens (including phenoxy) is 2. The molecule has 0 saturated carbocycles. The van der Waals surface area contributed by atoms with Crippen LogP contribution in [0.25, 0.3) is 17.3 Å². The molecule has 1 amide bonds. The van der Waals surface area contributed by atoms with Crippen LogP contribution in [0.1, 0.15) is 47.7 Å². The van der Waals surface area contributed by atoms with Crippen LogP contribution in [-0.4, -0.2) is 34.7 Å². The first-order valence-corrected chi connectivity index (χ1v) is 13.8. The molecule has 1 atom stereocenters. The fraction of sp³-hybridized carbons (Fsp3) is 0.226. The summed E-state index contributed by atoms with van der Waals surface area (Å²) in [6.45, 7) is -0.277. The zero-order valence-corrected chi connectivity index (χ0v) is 23.5. The number of hydrogen-bond donors (Lipinski definition) is 2. The number of fused-ring (bicyclic) bond motifs is 1. The number of nitrogens with zero attached hydrogens (tertiary/aromatic N) is 2. The molecule has 4 aromatic rings.